The minimum atomic E-state index is 0.102. The Morgan fingerprint density at radius 3 is 2.30 bits per heavy atom. The molecule has 1 saturated carbocycles. The second-order valence-electron chi connectivity index (χ2n) is 9.60. The van der Waals surface area contributed by atoms with Crippen molar-refractivity contribution in [2.24, 2.45) is 4.99 Å². The van der Waals surface area contributed by atoms with Crippen LogP contribution in [0.4, 0.5) is 0 Å². The van der Waals surface area contributed by atoms with E-state index in [1.807, 2.05) is 0 Å². The molecule has 0 amide bonds. The zero-order valence-corrected chi connectivity index (χ0v) is 19.0. The van der Waals surface area contributed by atoms with Crippen LogP contribution in [0.3, 0.4) is 0 Å². The van der Waals surface area contributed by atoms with Crippen molar-refractivity contribution in [1.29, 1.82) is 0 Å². The van der Waals surface area contributed by atoms with E-state index >= 15 is 0 Å². The van der Waals surface area contributed by atoms with Gasteiger partial charge in [-0.15, -0.1) is 0 Å². The van der Waals surface area contributed by atoms with Crippen LogP contribution in [0.1, 0.15) is 62.6 Å². The molecule has 160 valence electrons. The minimum absolute atomic E-state index is 0.102. The van der Waals surface area contributed by atoms with Crippen LogP contribution in [0.25, 0.3) is 0 Å². The highest BCUT2D eigenvalue weighted by Crippen LogP contribution is 2.46. The molecule has 1 aliphatic carbocycles. The molecule has 2 fully saturated rings. The number of hydrogen-bond donors (Lipinski definition) is 1. The second kappa shape index (κ2) is 7.64. The van der Waals surface area contributed by atoms with Gasteiger partial charge in [-0.1, -0.05) is 55.3 Å². The van der Waals surface area contributed by atoms with Crippen molar-refractivity contribution in [2.75, 3.05) is 13.1 Å². The molecule has 1 aromatic rings. The van der Waals surface area contributed by atoms with E-state index in [4.69, 9.17) is 4.99 Å². The molecule has 4 rings (SSSR count). The lowest BCUT2D eigenvalue weighted by molar-refractivity contribution is 0.215. The molecule has 0 aromatic heterocycles. The summed E-state index contributed by atoms with van der Waals surface area (Å²) >= 11 is 0. The monoisotopic (exact) mass is 405 g/mol. The molecule has 0 bridgehead atoms. The first-order valence-corrected chi connectivity index (χ1v) is 11.2. The molecule has 0 atom stereocenters. The van der Waals surface area contributed by atoms with E-state index in [0.29, 0.717) is 11.7 Å². The molecule has 4 nitrogen and oxygen atoms in total. The number of hydrogen-bond acceptors (Lipinski definition) is 4. The molecule has 4 heteroatoms. The first kappa shape index (κ1) is 20.8. The molecule has 2 heterocycles. The normalized spacial score (nSPS) is 21.4. The van der Waals surface area contributed by atoms with Crippen LogP contribution >= 0.6 is 0 Å². The highest BCUT2D eigenvalue weighted by molar-refractivity contribution is 5.89. The number of piperazine rings is 1. The summed E-state index contributed by atoms with van der Waals surface area (Å²) in [5.74, 6) is 1.19. The predicted molar refractivity (Wildman–Crippen MR) is 125 cm³/mol. The number of aliphatic imine (C=N–C) groups is 1. The van der Waals surface area contributed by atoms with E-state index in [9.17, 15) is 5.11 Å². The number of aliphatic hydroxyl groups excluding tert-OH is 1. The number of benzene rings is 1. The number of amidine groups is 1. The standard InChI is InChI=1S/C26H35N3O/c1-17(2)28-11-12-29-23(27-20(5)25(30)24(29)21(28)6)16-26(9-7-8-10-26)22-14-18(3)13-19(4)15-22/h13-15,17,30H,5-12,16H2,1-4H3. The maximum Gasteiger partial charge on any atom is 0.166 e. The molecule has 0 spiro atoms. The molecule has 2 aliphatic heterocycles. The molecule has 1 saturated heterocycles. The summed E-state index contributed by atoms with van der Waals surface area (Å²) in [4.78, 5) is 9.27. The molecule has 0 radical (unpaired) electrons. The van der Waals surface area contributed by atoms with Gasteiger partial charge in [0.2, 0.25) is 0 Å². The Labute approximate surface area is 181 Å². The Morgan fingerprint density at radius 1 is 1.07 bits per heavy atom. The largest absolute Gasteiger partial charge is 0.504 e. The summed E-state index contributed by atoms with van der Waals surface area (Å²) in [6, 6.07) is 7.31. The number of aliphatic hydroxyl groups is 1. The third-order valence-corrected chi connectivity index (χ3v) is 7.04. The Balaban J connectivity index is 1.71. The predicted octanol–water partition coefficient (Wildman–Crippen LogP) is 5.74. The first-order chi connectivity index (χ1) is 14.2. The highest BCUT2D eigenvalue weighted by Gasteiger charge is 2.41. The summed E-state index contributed by atoms with van der Waals surface area (Å²) in [5, 5.41) is 10.8. The van der Waals surface area contributed by atoms with Gasteiger partial charge in [0.15, 0.2) is 5.76 Å². The lowest BCUT2D eigenvalue weighted by atomic mass is 9.74. The van der Waals surface area contributed by atoms with Crippen molar-refractivity contribution in [2.45, 2.75) is 71.3 Å². The van der Waals surface area contributed by atoms with Crippen molar-refractivity contribution < 1.29 is 5.11 Å². The average Bonchev–Trinajstić information content (AvgIpc) is 3.14. The molecule has 1 N–H and O–H groups in total. The van der Waals surface area contributed by atoms with Crippen molar-refractivity contribution in [1.82, 2.24) is 9.80 Å². The van der Waals surface area contributed by atoms with Gasteiger partial charge < -0.3 is 14.9 Å². The van der Waals surface area contributed by atoms with Gasteiger partial charge >= 0.3 is 0 Å². The summed E-state index contributed by atoms with van der Waals surface area (Å²) in [6.45, 7) is 18.8. The van der Waals surface area contributed by atoms with Gasteiger partial charge in [-0.25, -0.2) is 4.99 Å². The van der Waals surface area contributed by atoms with Gasteiger partial charge in [-0.3, -0.25) is 0 Å². The maximum atomic E-state index is 10.8. The highest BCUT2D eigenvalue weighted by atomic mass is 16.3. The van der Waals surface area contributed by atoms with E-state index < -0.39 is 0 Å². The van der Waals surface area contributed by atoms with Crippen LogP contribution in [0.2, 0.25) is 0 Å². The summed E-state index contributed by atoms with van der Waals surface area (Å²) < 4.78 is 0. The maximum absolute atomic E-state index is 10.8. The fraction of sp³-hybridized carbons (Fsp3) is 0.500. The van der Waals surface area contributed by atoms with Crippen LogP contribution in [-0.4, -0.2) is 39.9 Å². The lowest BCUT2D eigenvalue weighted by Gasteiger charge is -2.46. The van der Waals surface area contributed by atoms with Crippen molar-refractivity contribution in [3.05, 3.63) is 70.9 Å². The Morgan fingerprint density at radius 2 is 1.70 bits per heavy atom. The van der Waals surface area contributed by atoms with Crippen LogP contribution in [0.5, 0.6) is 0 Å². The molecule has 30 heavy (non-hydrogen) atoms. The minimum Gasteiger partial charge on any atom is -0.504 e. The smallest absolute Gasteiger partial charge is 0.166 e. The molecular formula is C26H35N3O. The van der Waals surface area contributed by atoms with Gasteiger partial charge in [-0.05, 0) is 46.1 Å². The van der Waals surface area contributed by atoms with Crippen LogP contribution in [-0.2, 0) is 5.41 Å². The van der Waals surface area contributed by atoms with E-state index in [1.165, 1.54) is 42.4 Å². The van der Waals surface area contributed by atoms with Gasteiger partial charge in [-0.2, -0.15) is 0 Å². The number of aryl methyl sites for hydroxylation is 2. The van der Waals surface area contributed by atoms with Crippen LogP contribution in [0.15, 0.2) is 59.2 Å². The van der Waals surface area contributed by atoms with Crippen LogP contribution in [0, 0.1) is 13.8 Å². The zero-order valence-electron chi connectivity index (χ0n) is 19.0. The third kappa shape index (κ3) is 3.46. The SMILES string of the molecule is C=C1N=C(CC2(c3cc(C)cc(C)c3)CCCC2)N2CCN(C(C)C)C(=C)C2=C1O. The topological polar surface area (TPSA) is 39.1 Å². The van der Waals surface area contributed by atoms with Crippen LogP contribution < -0.4 is 0 Å². The molecule has 0 unspecified atom stereocenters. The zero-order chi connectivity index (χ0) is 21.6. The average molecular weight is 406 g/mol. The van der Waals surface area contributed by atoms with Gasteiger partial charge in [0.25, 0.3) is 0 Å². The summed E-state index contributed by atoms with van der Waals surface area (Å²) in [7, 11) is 0. The second-order valence-corrected chi connectivity index (χ2v) is 9.60. The number of rotatable bonds is 4. The Bertz CT molecular complexity index is 927. The lowest BCUT2D eigenvalue weighted by Crippen LogP contribution is -2.50. The van der Waals surface area contributed by atoms with E-state index in [2.05, 4.69) is 68.9 Å². The van der Waals surface area contributed by atoms with Gasteiger partial charge in [0, 0.05) is 31.0 Å². The molecule has 1 aromatic carbocycles. The first-order valence-electron chi connectivity index (χ1n) is 11.2. The molecular weight excluding hydrogens is 370 g/mol. The number of fused-ring (bicyclic) bond motifs is 1. The fourth-order valence-corrected chi connectivity index (χ4v) is 5.58. The van der Waals surface area contributed by atoms with E-state index in [1.54, 1.807) is 0 Å². The van der Waals surface area contributed by atoms with E-state index in [0.717, 1.165) is 36.7 Å². The third-order valence-electron chi connectivity index (χ3n) is 7.04. The Hall–Kier alpha value is -2.49. The number of nitrogens with zero attached hydrogens (tertiary/aromatic N) is 3. The van der Waals surface area contributed by atoms with E-state index in [-0.39, 0.29) is 11.2 Å². The quantitative estimate of drug-likeness (QED) is 0.694. The summed E-state index contributed by atoms with van der Waals surface area (Å²) in [5.41, 5.74) is 6.30. The van der Waals surface area contributed by atoms with Gasteiger partial charge in [0.1, 0.15) is 17.2 Å². The molecule has 3 aliphatic rings. The Kier molecular flexibility index (Phi) is 5.29. The fourth-order valence-electron chi connectivity index (χ4n) is 5.58. The van der Waals surface area contributed by atoms with Crippen molar-refractivity contribution in [3.63, 3.8) is 0 Å². The van der Waals surface area contributed by atoms with Crippen molar-refractivity contribution >= 4 is 5.84 Å². The van der Waals surface area contributed by atoms with Gasteiger partial charge in [0.05, 0.1) is 5.70 Å². The van der Waals surface area contributed by atoms with Crippen molar-refractivity contribution in [3.8, 4) is 0 Å². The summed E-state index contributed by atoms with van der Waals surface area (Å²) in [6.07, 6.45) is 5.74.